The Hall–Kier alpha value is -0.620. The largest absolute Gasteiger partial charge is 0.479 e. The van der Waals surface area contributed by atoms with Gasteiger partial charge in [-0.15, -0.1) is 0 Å². The molecular formula is C7H5Br2NO3. The van der Waals surface area contributed by atoms with Crippen molar-refractivity contribution < 1.29 is 14.6 Å². The summed E-state index contributed by atoms with van der Waals surface area (Å²) in [5.41, 5.74) is 0. The molecule has 1 rings (SSSR count). The zero-order valence-corrected chi connectivity index (χ0v) is 9.50. The van der Waals surface area contributed by atoms with Crippen LogP contribution in [0.2, 0.25) is 0 Å². The minimum absolute atomic E-state index is 0.269. The fraction of sp³-hybridized carbons (Fsp3) is 0.143. The smallest absolute Gasteiger partial charge is 0.341 e. The van der Waals surface area contributed by atoms with Gasteiger partial charge in [0.05, 0.1) is 4.47 Å². The third-order valence-electron chi connectivity index (χ3n) is 1.11. The van der Waals surface area contributed by atoms with E-state index in [9.17, 15) is 4.79 Å². The van der Waals surface area contributed by atoms with E-state index in [0.717, 1.165) is 4.47 Å². The van der Waals surface area contributed by atoms with Crippen LogP contribution in [0.15, 0.2) is 21.2 Å². The second-order valence-corrected chi connectivity index (χ2v) is 3.89. The van der Waals surface area contributed by atoms with Crippen LogP contribution in [-0.2, 0) is 4.79 Å². The number of hydrogen-bond acceptors (Lipinski definition) is 3. The predicted molar refractivity (Wildman–Crippen MR) is 52.8 cm³/mol. The molecule has 0 aromatic carbocycles. The highest BCUT2D eigenvalue weighted by atomic mass is 79.9. The van der Waals surface area contributed by atoms with Crippen molar-refractivity contribution in [3.05, 3.63) is 21.2 Å². The predicted octanol–water partition coefficient (Wildman–Crippen LogP) is 2.07. The van der Waals surface area contributed by atoms with Crippen LogP contribution in [0, 0.1) is 0 Å². The SMILES string of the molecule is O=C(O)COc1ncc(Br)cc1Br. The zero-order chi connectivity index (χ0) is 9.84. The van der Waals surface area contributed by atoms with Gasteiger partial charge < -0.3 is 9.84 Å². The molecular weight excluding hydrogens is 306 g/mol. The summed E-state index contributed by atoms with van der Waals surface area (Å²) in [4.78, 5) is 14.0. The molecule has 0 atom stereocenters. The summed E-state index contributed by atoms with van der Waals surface area (Å²) < 4.78 is 6.28. The van der Waals surface area contributed by atoms with E-state index in [1.54, 1.807) is 6.07 Å². The van der Waals surface area contributed by atoms with Crippen molar-refractivity contribution in [1.82, 2.24) is 4.98 Å². The van der Waals surface area contributed by atoms with Crippen molar-refractivity contribution in [2.75, 3.05) is 6.61 Å². The number of rotatable bonds is 3. The van der Waals surface area contributed by atoms with Crippen LogP contribution in [0.1, 0.15) is 0 Å². The molecule has 1 aromatic heterocycles. The number of hydrogen-bond donors (Lipinski definition) is 1. The molecule has 0 aliphatic carbocycles. The number of pyridine rings is 1. The number of carboxylic acid groups (broad SMARTS) is 1. The monoisotopic (exact) mass is 309 g/mol. The first-order valence-electron chi connectivity index (χ1n) is 3.25. The molecule has 70 valence electrons. The van der Waals surface area contributed by atoms with Crippen LogP contribution in [0.5, 0.6) is 5.88 Å². The molecule has 6 heteroatoms. The first-order chi connectivity index (χ1) is 6.09. The van der Waals surface area contributed by atoms with Crippen molar-refractivity contribution in [2.24, 2.45) is 0 Å². The lowest BCUT2D eigenvalue weighted by Gasteiger charge is -2.03. The first kappa shape index (κ1) is 10.5. The first-order valence-corrected chi connectivity index (χ1v) is 4.84. The van der Waals surface area contributed by atoms with Crippen LogP contribution in [-0.4, -0.2) is 22.7 Å². The molecule has 0 saturated heterocycles. The molecule has 1 heterocycles. The van der Waals surface area contributed by atoms with Crippen molar-refractivity contribution >= 4 is 37.8 Å². The third-order valence-corrected chi connectivity index (χ3v) is 2.11. The summed E-state index contributed by atoms with van der Waals surface area (Å²) in [6.07, 6.45) is 1.53. The Morgan fingerprint density at radius 3 is 2.85 bits per heavy atom. The Bertz CT molecular complexity index is 330. The molecule has 13 heavy (non-hydrogen) atoms. The lowest BCUT2D eigenvalue weighted by atomic mass is 10.5. The van der Waals surface area contributed by atoms with Gasteiger partial charge in [-0.3, -0.25) is 0 Å². The number of carbonyl (C=O) groups is 1. The highest BCUT2D eigenvalue weighted by Crippen LogP contribution is 2.25. The number of aromatic nitrogens is 1. The van der Waals surface area contributed by atoms with Gasteiger partial charge in [0.15, 0.2) is 6.61 Å². The molecule has 1 N–H and O–H groups in total. The molecule has 0 aliphatic rings. The van der Waals surface area contributed by atoms with Crippen LogP contribution in [0.25, 0.3) is 0 Å². The fourth-order valence-electron chi connectivity index (χ4n) is 0.638. The maximum atomic E-state index is 10.2. The van der Waals surface area contributed by atoms with Crippen molar-refractivity contribution in [3.8, 4) is 5.88 Å². The topological polar surface area (TPSA) is 59.4 Å². The summed E-state index contributed by atoms with van der Waals surface area (Å²) in [5.74, 6) is -0.762. The van der Waals surface area contributed by atoms with Crippen molar-refractivity contribution in [2.45, 2.75) is 0 Å². The molecule has 1 aromatic rings. The molecule has 0 fully saturated rings. The number of nitrogens with zero attached hydrogens (tertiary/aromatic N) is 1. The van der Waals surface area contributed by atoms with Gasteiger partial charge in [0.25, 0.3) is 0 Å². The summed E-state index contributed by atoms with van der Waals surface area (Å²) in [7, 11) is 0. The van der Waals surface area contributed by atoms with Gasteiger partial charge in [0, 0.05) is 10.7 Å². The van der Waals surface area contributed by atoms with Gasteiger partial charge >= 0.3 is 5.97 Å². The van der Waals surface area contributed by atoms with Crippen LogP contribution >= 0.6 is 31.9 Å². The highest BCUT2D eigenvalue weighted by Gasteiger charge is 2.05. The second-order valence-electron chi connectivity index (χ2n) is 2.12. The van der Waals surface area contributed by atoms with Crippen LogP contribution in [0.4, 0.5) is 0 Å². The molecule has 0 saturated carbocycles. The van der Waals surface area contributed by atoms with E-state index in [0.29, 0.717) is 4.47 Å². The summed E-state index contributed by atoms with van der Waals surface area (Å²) >= 11 is 6.40. The van der Waals surface area contributed by atoms with E-state index in [-0.39, 0.29) is 5.88 Å². The standard InChI is InChI=1S/C7H5Br2NO3/c8-4-1-5(9)7(10-2-4)13-3-6(11)12/h1-2H,3H2,(H,11,12). The van der Waals surface area contributed by atoms with E-state index in [2.05, 4.69) is 36.8 Å². The van der Waals surface area contributed by atoms with Crippen LogP contribution in [0.3, 0.4) is 0 Å². The van der Waals surface area contributed by atoms with Gasteiger partial charge in [-0.25, -0.2) is 9.78 Å². The Morgan fingerprint density at radius 1 is 1.62 bits per heavy atom. The lowest BCUT2D eigenvalue weighted by molar-refractivity contribution is -0.139. The van der Waals surface area contributed by atoms with Gasteiger partial charge in [0.2, 0.25) is 5.88 Å². The highest BCUT2D eigenvalue weighted by molar-refractivity contribution is 9.11. The van der Waals surface area contributed by atoms with Gasteiger partial charge in [-0.05, 0) is 37.9 Å². The molecule has 0 aliphatic heterocycles. The second kappa shape index (κ2) is 4.57. The summed E-state index contributed by atoms with van der Waals surface area (Å²) in [6.45, 7) is -0.396. The zero-order valence-electron chi connectivity index (χ0n) is 6.33. The summed E-state index contributed by atoms with van der Waals surface area (Å²) in [5, 5.41) is 8.34. The Kier molecular flexibility index (Phi) is 3.68. The number of aliphatic carboxylic acids is 1. The normalized spacial score (nSPS) is 9.69. The molecule has 0 spiro atoms. The van der Waals surface area contributed by atoms with E-state index < -0.39 is 12.6 Å². The quantitative estimate of drug-likeness (QED) is 0.928. The number of halogens is 2. The van der Waals surface area contributed by atoms with Gasteiger partial charge in [0.1, 0.15) is 0 Å². The van der Waals surface area contributed by atoms with Crippen molar-refractivity contribution in [3.63, 3.8) is 0 Å². The fourth-order valence-corrected chi connectivity index (χ4v) is 1.74. The van der Waals surface area contributed by atoms with Gasteiger partial charge in [-0.1, -0.05) is 0 Å². The average molecular weight is 311 g/mol. The average Bonchev–Trinajstić information content (AvgIpc) is 2.02. The molecule has 4 nitrogen and oxygen atoms in total. The van der Waals surface area contributed by atoms with E-state index in [1.165, 1.54) is 6.20 Å². The maximum Gasteiger partial charge on any atom is 0.341 e. The molecule has 0 radical (unpaired) electrons. The van der Waals surface area contributed by atoms with Gasteiger partial charge in [-0.2, -0.15) is 0 Å². The maximum absolute atomic E-state index is 10.2. The lowest BCUT2D eigenvalue weighted by Crippen LogP contribution is -2.10. The number of ether oxygens (including phenoxy) is 1. The Balaban J connectivity index is 2.72. The third kappa shape index (κ3) is 3.31. The molecule has 0 amide bonds. The van der Waals surface area contributed by atoms with E-state index >= 15 is 0 Å². The van der Waals surface area contributed by atoms with Crippen molar-refractivity contribution in [1.29, 1.82) is 0 Å². The molecule has 0 bridgehead atoms. The Labute approximate surface area is 91.2 Å². The number of carboxylic acids is 1. The van der Waals surface area contributed by atoms with E-state index in [4.69, 9.17) is 9.84 Å². The van der Waals surface area contributed by atoms with Crippen LogP contribution < -0.4 is 4.74 Å². The minimum Gasteiger partial charge on any atom is -0.479 e. The molecule has 0 unspecified atom stereocenters. The Morgan fingerprint density at radius 2 is 2.31 bits per heavy atom. The minimum atomic E-state index is -1.03. The van der Waals surface area contributed by atoms with E-state index in [1.807, 2.05) is 0 Å². The summed E-state index contributed by atoms with van der Waals surface area (Å²) in [6, 6.07) is 1.73.